The number of morpholine rings is 1. The molecular formula is C15H19NO3. The summed E-state index contributed by atoms with van der Waals surface area (Å²) in [4.78, 5) is 2.36. The molecule has 0 bridgehead atoms. The summed E-state index contributed by atoms with van der Waals surface area (Å²) in [7, 11) is 0. The number of nitrogens with zero attached hydrogens (tertiary/aromatic N) is 1. The molecule has 3 rings (SSSR count). The highest BCUT2D eigenvalue weighted by atomic mass is 16.5. The second kappa shape index (κ2) is 5.63. The molecule has 2 aromatic rings. The van der Waals surface area contributed by atoms with Crippen molar-refractivity contribution in [2.45, 2.75) is 6.92 Å². The number of aryl methyl sites for hydroxylation is 1. The van der Waals surface area contributed by atoms with Crippen LogP contribution >= 0.6 is 0 Å². The number of hydrogen-bond acceptors (Lipinski definition) is 4. The van der Waals surface area contributed by atoms with Crippen molar-refractivity contribution in [1.29, 1.82) is 0 Å². The van der Waals surface area contributed by atoms with Crippen molar-refractivity contribution in [3.05, 3.63) is 30.0 Å². The van der Waals surface area contributed by atoms with E-state index in [9.17, 15) is 0 Å². The molecular weight excluding hydrogens is 242 g/mol. The van der Waals surface area contributed by atoms with Crippen LogP contribution in [0.4, 0.5) is 0 Å². The predicted octanol–water partition coefficient (Wildman–Crippen LogP) is 2.45. The highest BCUT2D eigenvalue weighted by Crippen LogP contribution is 2.23. The Morgan fingerprint density at radius 3 is 2.89 bits per heavy atom. The maximum absolute atomic E-state index is 5.78. The van der Waals surface area contributed by atoms with Crippen LogP contribution in [0.5, 0.6) is 5.75 Å². The summed E-state index contributed by atoms with van der Waals surface area (Å²) in [5.41, 5.74) is 0.890. The predicted molar refractivity (Wildman–Crippen MR) is 73.7 cm³/mol. The Balaban J connectivity index is 1.55. The van der Waals surface area contributed by atoms with Crippen LogP contribution in [-0.2, 0) is 4.74 Å². The molecule has 0 saturated carbocycles. The normalized spacial score (nSPS) is 16.9. The molecule has 102 valence electrons. The van der Waals surface area contributed by atoms with Gasteiger partial charge in [-0.25, -0.2) is 0 Å². The first-order chi connectivity index (χ1) is 9.31. The van der Waals surface area contributed by atoms with Gasteiger partial charge >= 0.3 is 0 Å². The molecule has 0 unspecified atom stereocenters. The Morgan fingerprint density at radius 2 is 2.05 bits per heavy atom. The monoisotopic (exact) mass is 261 g/mol. The van der Waals surface area contributed by atoms with Gasteiger partial charge in [0, 0.05) is 31.1 Å². The molecule has 1 aromatic heterocycles. The van der Waals surface area contributed by atoms with Gasteiger partial charge in [-0.05, 0) is 25.1 Å². The number of hydrogen-bond donors (Lipinski definition) is 0. The van der Waals surface area contributed by atoms with Gasteiger partial charge < -0.3 is 13.9 Å². The van der Waals surface area contributed by atoms with E-state index in [1.54, 1.807) is 0 Å². The van der Waals surface area contributed by atoms with Gasteiger partial charge in [0.2, 0.25) is 0 Å². The van der Waals surface area contributed by atoms with E-state index in [0.717, 1.165) is 55.3 Å². The van der Waals surface area contributed by atoms with Crippen molar-refractivity contribution in [1.82, 2.24) is 4.90 Å². The third-order valence-electron chi connectivity index (χ3n) is 3.39. The van der Waals surface area contributed by atoms with Crippen LogP contribution in [0.25, 0.3) is 11.0 Å². The van der Waals surface area contributed by atoms with Crippen LogP contribution in [-0.4, -0.2) is 44.4 Å². The lowest BCUT2D eigenvalue weighted by Gasteiger charge is -2.26. The second-order valence-corrected chi connectivity index (χ2v) is 4.86. The number of rotatable bonds is 4. The Bertz CT molecular complexity index is 543. The summed E-state index contributed by atoms with van der Waals surface area (Å²) in [6, 6.07) is 8.03. The highest BCUT2D eigenvalue weighted by molar-refractivity contribution is 5.79. The molecule has 0 amide bonds. The van der Waals surface area contributed by atoms with Crippen LogP contribution in [0.15, 0.2) is 28.7 Å². The summed E-state index contributed by atoms with van der Waals surface area (Å²) in [6.07, 6.45) is 0. The Morgan fingerprint density at radius 1 is 1.21 bits per heavy atom. The molecule has 1 aliphatic heterocycles. The fourth-order valence-electron chi connectivity index (χ4n) is 2.35. The third-order valence-corrected chi connectivity index (χ3v) is 3.39. The minimum atomic E-state index is 0.700. The molecule has 0 spiro atoms. The fraction of sp³-hybridized carbons (Fsp3) is 0.467. The smallest absolute Gasteiger partial charge is 0.137 e. The molecule has 0 atom stereocenters. The number of fused-ring (bicyclic) bond motifs is 1. The second-order valence-electron chi connectivity index (χ2n) is 4.86. The van der Waals surface area contributed by atoms with Gasteiger partial charge in [0.25, 0.3) is 0 Å². The quantitative estimate of drug-likeness (QED) is 0.846. The van der Waals surface area contributed by atoms with E-state index in [2.05, 4.69) is 4.90 Å². The first-order valence-corrected chi connectivity index (χ1v) is 6.74. The molecule has 1 aromatic carbocycles. The number of furan rings is 1. The topological polar surface area (TPSA) is 34.8 Å². The molecule has 19 heavy (non-hydrogen) atoms. The van der Waals surface area contributed by atoms with Crippen molar-refractivity contribution in [2.24, 2.45) is 0 Å². The Kier molecular flexibility index (Phi) is 3.71. The van der Waals surface area contributed by atoms with Crippen LogP contribution in [0.3, 0.4) is 0 Å². The first kappa shape index (κ1) is 12.5. The van der Waals surface area contributed by atoms with Crippen molar-refractivity contribution in [2.75, 3.05) is 39.5 Å². The molecule has 0 N–H and O–H groups in total. The molecule has 2 heterocycles. The standard InChI is InChI=1S/C15H19NO3/c1-12-10-13-2-3-14(11-15(13)19-12)18-9-6-16-4-7-17-8-5-16/h2-3,10-11H,4-9H2,1H3. The van der Waals surface area contributed by atoms with E-state index in [1.165, 1.54) is 0 Å². The summed E-state index contributed by atoms with van der Waals surface area (Å²) < 4.78 is 16.7. The van der Waals surface area contributed by atoms with Gasteiger partial charge in [0.1, 0.15) is 23.7 Å². The maximum Gasteiger partial charge on any atom is 0.137 e. The zero-order valence-corrected chi connectivity index (χ0v) is 11.2. The summed E-state index contributed by atoms with van der Waals surface area (Å²) in [5, 5.41) is 1.12. The van der Waals surface area contributed by atoms with Gasteiger partial charge in [-0.3, -0.25) is 4.90 Å². The number of benzene rings is 1. The average molecular weight is 261 g/mol. The van der Waals surface area contributed by atoms with Gasteiger partial charge in [0.15, 0.2) is 0 Å². The lowest BCUT2D eigenvalue weighted by atomic mass is 10.2. The van der Waals surface area contributed by atoms with Crippen molar-refractivity contribution in [3.8, 4) is 5.75 Å². The Labute approximate surface area is 112 Å². The molecule has 0 aliphatic carbocycles. The molecule has 1 aliphatic rings. The van der Waals surface area contributed by atoms with E-state index in [4.69, 9.17) is 13.9 Å². The lowest BCUT2D eigenvalue weighted by Crippen LogP contribution is -2.38. The largest absolute Gasteiger partial charge is 0.492 e. The first-order valence-electron chi connectivity index (χ1n) is 6.74. The maximum atomic E-state index is 5.78. The Hall–Kier alpha value is -1.52. The highest BCUT2D eigenvalue weighted by Gasteiger charge is 2.10. The molecule has 1 fully saturated rings. The zero-order valence-electron chi connectivity index (χ0n) is 11.2. The van der Waals surface area contributed by atoms with Gasteiger partial charge in [-0.2, -0.15) is 0 Å². The molecule has 1 saturated heterocycles. The average Bonchev–Trinajstić information content (AvgIpc) is 2.79. The van der Waals surface area contributed by atoms with E-state index in [-0.39, 0.29) is 0 Å². The summed E-state index contributed by atoms with van der Waals surface area (Å²) in [5.74, 6) is 1.80. The van der Waals surface area contributed by atoms with Gasteiger partial charge in [-0.1, -0.05) is 0 Å². The van der Waals surface area contributed by atoms with Crippen LogP contribution in [0.1, 0.15) is 5.76 Å². The minimum Gasteiger partial charge on any atom is -0.492 e. The van der Waals surface area contributed by atoms with Crippen molar-refractivity contribution >= 4 is 11.0 Å². The number of ether oxygens (including phenoxy) is 2. The van der Waals surface area contributed by atoms with Gasteiger partial charge in [0.05, 0.1) is 13.2 Å². The van der Waals surface area contributed by atoms with E-state index >= 15 is 0 Å². The van der Waals surface area contributed by atoms with Crippen molar-refractivity contribution < 1.29 is 13.9 Å². The molecule has 0 radical (unpaired) electrons. The SMILES string of the molecule is Cc1cc2ccc(OCCN3CCOCC3)cc2o1. The lowest BCUT2D eigenvalue weighted by molar-refractivity contribution is 0.0322. The summed E-state index contributed by atoms with van der Waals surface area (Å²) in [6.45, 7) is 7.26. The molecule has 4 nitrogen and oxygen atoms in total. The van der Waals surface area contributed by atoms with Gasteiger partial charge in [-0.15, -0.1) is 0 Å². The summed E-state index contributed by atoms with van der Waals surface area (Å²) >= 11 is 0. The zero-order chi connectivity index (χ0) is 13.1. The van der Waals surface area contributed by atoms with E-state index in [1.807, 2.05) is 31.2 Å². The van der Waals surface area contributed by atoms with Crippen LogP contribution in [0.2, 0.25) is 0 Å². The fourth-order valence-corrected chi connectivity index (χ4v) is 2.35. The van der Waals surface area contributed by atoms with Crippen LogP contribution < -0.4 is 4.74 Å². The third kappa shape index (κ3) is 3.08. The minimum absolute atomic E-state index is 0.700. The van der Waals surface area contributed by atoms with Crippen LogP contribution in [0, 0.1) is 6.92 Å². The van der Waals surface area contributed by atoms with E-state index < -0.39 is 0 Å². The molecule has 4 heteroatoms. The van der Waals surface area contributed by atoms with Crippen molar-refractivity contribution in [3.63, 3.8) is 0 Å². The van der Waals surface area contributed by atoms with E-state index in [0.29, 0.717) is 6.61 Å².